The van der Waals surface area contributed by atoms with Crippen molar-refractivity contribution < 1.29 is 0 Å². The Balaban J connectivity index is 1.95. The first kappa shape index (κ1) is 11.6. The van der Waals surface area contributed by atoms with E-state index in [1.807, 2.05) is 20.2 Å². The van der Waals surface area contributed by atoms with Crippen molar-refractivity contribution >= 4 is 0 Å². The molecular formula is C13H21N3. The Hall–Kier alpha value is -0.930. The average molecular weight is 219 g/mol. The standard InChI is InChI=1S/C13H21N3/c1-11-5-6-12(8-15-11)10-16-7-3-4-13(16)9-14-2/h5-6,8,13-14H,3-4,7,9-10H2,1-2H3. The highest BCUT2D eigenvalue weighted by atomic mass is 15.2. The zero-order chi connectivity index (χ0) is 11.4. The molecule has 0 aliphatic carbocycles. The number of rotatable bonds is 4. The van der Waals surface area contributed by atoms with Gasteiger partial charge in [-0.1, -0.05) is 6.07 Å². The third-order valence-electron chi connectivity index (χ3n) is 3.30. The van der Waals surface area contributed by atoms with Gasteiger partial charge in [0.05, 0.1) is 0 Å². The van der Waals surface area contributed by atoms with Crippen molar-refractivity contribution in [3.63, 3.8) is 0 Å². The minimum Gasteiger partial charge on any atom is -0.318 e. The van der Waals surface area contributed by atoms with Gasteiger partial charge in [-0.3, -0.25) is 9.88 Å². The molecule has 1 aliphatic rings. The van der Waals surface area contributed by atoms with E-state index in [4.69, 9.17) is 0 Å². The van der Waals surface area contributed by atoms with E-state index in [2.05, 4.69) is 27.3 Å². The average Bonchev–Trinajstić information content (AvgIpc) is 2.70. The zero-order valence-corrected chi connectivity index (χ0v) is 10.2. The lowest BCUT2D eigenvalue weighted by Gasteiger charge is -2.24. The number of hydrogen-bond donors (Lipinski definition) is 1. The summed E-state index contributed by atoms with van der Waals surface area (Å²) in [5.74, 6) is 0. The van der Waals surface area contributed by atoms with Gasteiger partial charge in [-0.25, -0.2) is 0 Å². The quantitative estimate of drug-likeness (QED) is 0.833. The van der Waals surface area contributed by atoms with Crippen LogP contribution in [-0.2, 0) is 6.54 Å². The molecule has 3 nitrogen and oxygen atoms in total. The Kier molecular flexibility index (Phi) is 3.91. The maximum atomic E-state index is 4.35. The summed E-state index contributed by atoms with van der Waals surface area (Å²) >= 11 is 0. The molecule has 1 aromatic heterocycles. The van der Waals surface area contributed by atoms with Crippen molar-refractivity contribution in [2.75, 3.05) is 20.1 Å². The summed E-state index contributed by atoms with van der Waals surface area (Å²) < 4.78 is 0. The maximum absolute atomic E-state index is 4.35. The van der Waals surface area contributed by atoms with E-state index in [0.29, 0.717) is 6.04 Å². The van der Waals surface area contributed by atoms with Gasteiger partial charge < -0.3 is 5.32 Å². The second-order valence-electron chi connectivity index (χ2n) is 4.63. The Labute approximate surface area is 97.9 Å². The molecule has 1 saturated heterocycles. The number of pyridine rings is 1. The Bertz CT molecular complexity index is 320. The van der Waals surface area contributed by atoms with E-state index in [9.17, 15) is 0 Å². The minimum absolute atomic E-state index is 0.700. The monoisotopic (exact) mass is 219 g/mol. The van der Waals surface area contributed by atoms with Crippen LogP contribution < -0.4 is 5.32 Å². The molecule has 0 radical (unpaired) electrons. The number of aryl methyl sites for hydroxylation is 1. The van der Waals surface area contributed by atoms with Crippen LogP contribution in [0.4, 0.5) is 0 Å². The van der Waals surface area contributed by atoms with Crippen LogP contribution in [0.25, 0.3) is 0 Å². The topological polar surface area (TPSA) is 28.2 Å². The van der Waals surface area contributed by atoms with Gasteiger partial charge >= 0.3 is 0 Å². The fraction of sp³-hybridized carbons (Fsp3) is 0.615. The highest BCUT2D eigenvalue weighted by Crippen LogP contribution is 2.19. The molecule has 1 fully saturated rings. The van der Waals surface area contributed by atoms with Crippen molar-refractivity contribution in [2.24, 2.45) is 0 Å². The summed E-state index contributed by atoms with van der Waals surface area (Å²) in [7, 11) is 2.03. The molecule has 88 valence electrons. The maximum Gasteiger partial charge on any atom is 0.0372 e. The molecule has 2 heterocycles. The van der Waals surface area contributed by atoms with Gasteiger partial charge in [0.1, 0.15) is 0 Å². The summed E-state index contributed by atoms with van der Waals surface area (Å²) in [6.07, 6.45) is 4.65. The smallest absolute Gasteiger partial charge is 0.0372 e. The molecular weight excluding hydrogens is 198 g/mol. The van der Waals surface area contributed by atoms with Gasteiger partial charge in [0.15, 0.2) is 0 Å². The van der Waals surface area contributed by atoms with Gasteiger partial charge in [0.2, 0.25) is 0 Å². The molecule has 0 bridgehead atoms. The summed E-state index contributed by atoms with van der Waals surface area (Å²) in [6, 6.07) is 4.99. The van der Waals surface area contributed by atoms with E-state index < -0.39 is 0 Å². The van der Waals surface area contributed by atoms with E-state index in [1.54, 1.807) is 0 Å². The predicted octanol–water partition coefficient (Wildman–Crippen LogP) is 1.57. The van der Waals surface area contributed by atoms with E-state index in [-0.39, 0.29) is 0 Å². The van der Waals surface area contributed by atoms with Crippen molar-refractivity contribution in [3.05, 3.63) is 29.6 Å². The fourth-order valence-electron chi connectivity index (χ4n) is 2.40. The zero-order valence-electron chi connectivity index (χ0n) is 10.2. The summed E-state index contributed by atoms with van der Waals surface area (Å²) in [6.45, 7) is 5.39. The third-order valence-corrected chi connectivity index (χ3v) is 3.30. The SMILES string of the molecule is CNCC1CCCN1Cc1ccc(C)nc1. The number of nitrogens with one attached hydrogen (secondary N) is 1. The summed E-state index contributed by atoms with van der Waals surface area (Å²) in [5.41, 5.74) is 2.42. The lowest BCUT2D eigenvalue weighted by molar-refractivity contribution is 0.242. The van der Waals surface area contributed by atoms with Crippen LogP contribution in [0, 0.1) is 6.92 Å². The molecule has 16 heavy (non-hydrogen) atoms. The normalized spacial score (nSPS) is 21.5. The van der Waals surface area contributed by atoms with E-state index in [0.717, 1.165) is 18.8 Å². The van der Waals surface area contributed by atoms with Crippen molar-refractivity contribution in [3.8, 4) is 0 Å². The first-order valence-corrected chi connectivity index (χ1v) is 6.10. The van der Waals surface area contributed by atoms with Crippen molar-refractivity contribution in [2.45, 2.75) is 32.4 Å². The first-order chi connectivity index (χ1) is 7.79. The highest BCUT2D eigenvalue weighted by molar-refractivity contribution is 5.13. The largest absolute Gasteiger partial charge is 0.318 e. The van der Waals surface area contributed by atoms with Gasteiger partial charge in [0.25, 0.3) is 0 Å². The van der Waals surface area contributed by atoms with Crippen molar-refractivity contribution in [1.29, 1.82) is 0 Å². The Morgan fingerprint density at radius 1 is 1.50 bits per heavy atom. The van der Waals surface area contributed by atoms with Gasteiger partial charge in [-0.15, -0.1) is 0 Å². The van der Waals surface area contributed by atoms with Crippen molar-refractivity contribution in [1.82, 2.24) is 15.2 Å². The predicted molar refractivity (Wildman–Crippen MR) is 66.3 cm³/mol. The number of nitrogens with zero attached hydrogens (tertiary/aromatic N) is 2. The number of aromatic nitrogens is 1. The molecule has 0 aromatic carbocycles. The molecule has 1 atom stereocenters. The molecule has 1 aliphatic heterocycles. The third kappa shape index (κ3) is 2.80. The summed E-state index contributed by atoms with van der Waals surface area (Å²) in [5, 5.41) is 3.28. The lowest BCUT2D eigenvalue weighted by atomic mass is 10.2. The lowest BCUT2D eigenvalue weighted by Crippen LogP contribution is -2.36. The molecule has 0 spiro atoms. The second kappa shape index (κ2) is 5.41. The first-order valence-electron chi connectivity index (χ1n) is 6.10. The molecule has 1 N–H and O–H groups in total. The Morgan fingerprint density at radius 2 is 2.38 bits per heavy atom. The number of likely N-dealkylation sites (N-methyl/N-ethyl adjacent to an activating group) is 1. The summed E-state index contributed by atoms with van der Waals surface area (Å²) in [4.78, 5) is 6.91. The van der Waals surface area contributed by atoms with Crippen LogP contribution in [0.1, 0.15) is 24.1 Å². The molecule has 2 rings (SSSR count). The van der Waals surface area contributed by atoms with Crippen LogP contribution in [0.5, 0.6) is 0 Å². The van der Waals surface area contributed by atoms with Crippen LogP contribution in [0.3, 0.4) is 0 Å². The molecule has 1 unspecified atom stereocenters. The molecule has 1 aromatic rings. The van der Waals surface area contributed by atoms with Crippen LogP contribution in [-0.4, -0.2) is 36.1 Å². The number of hydrogen-bond acceptors (Lipinski definition) is 3. The van der Waals surface area contributed by atoms with Crippen LogP contribution in [0.15, 0.2) is 18.3 Å². The van der Waals surface area contributed by atoms with Gasteiger partial charge in [-0.2, -0.15) is 0 Å². The van der Waals surface area contributed by atoms with E-state index in [1.165, 1.54) is 24.9 Å². The molecule has 0 saturated carbocycles. The van der Waals surface area contributed by atoms with Gasteiger partial charge in [0, 0.05) is 31.0 Å². The van der Waals surface area contributed by atoms with Gasteiger partial charge in [-0.05, 0) is 45.0 Å². The number of likely N-dealkylation sites (tertiary alicyclic amines) is 1. The molecule has 0 amide bonds. The molecule has 3 heteroatoms. The van der Waals surface area contributed by atoms with Crippen LogP contribution in [0.2, 0.25) is 0 Å². The minimum atomic E-state index is 0.700. The Morgan fingerprint density at radius 3 is 3.06 bits per heavy atom. The second-order valence-corrected chi connectivity index (χ2v) is 4.63. The van der Waals surface area contributed by atoms with Crippen LogP contribution >= 0.6 is 0 Å². The van der Waals surface area contributed by atoms with E-state index >= 15 is 0 Å². The highest BCUT2D eigenvalue weighted by Gasteiger charge is 2.23. The fourth-order valence-corrected chi connectivity index (χ4v) is 2.40.